The molecule has 0 heterocycles. The number of para-hydroxylation sites is 1. The van der Waals surface area contributed by atoms with Gasteiger partial charge in [0.2, 0.25) is 0 Å². The van der Waals surface area contributed by atoms with Gasteiger partial charge in [-0.15, -0.1) is 0 Å². The lowest BCUT2D eigenvalue weighted by Crippen LogP contribution is -2.21. The van der Waals surface area contributed by atoms with E-state index in [-0.39, 0.29) is 17.2 Å². The molecule has 184 valence electrons. The summed E-state index contributed by atoms with van der Waals surface area (Å²) in [5.74, 6) is -1.12. The second-order valence-electron chi connectivity index (χ2n) is 7.64. The van der Waals surface area contributed by atoms with Crippen LogP contribution in [0.1, 0.15) is 36.6 Å². The Bertz CT molecular complexity index is 1470. The molecule has 0 fully saturated rings. The summed E-state index contributed by atoms with van der Waals surface area (Å²) in [6.45, 7) is 0. The second kappa shape index (κ2) is 12.2. The summed E-state index contributed by atoms with van der Waals surface area (Å²) < 4.78 is 7.13. The largest absolute Gasteiger partial charge is 0.422 e. The molecule has 0 unspecified atom stereocenters. The Kier molecular flexibility index (Phi) is 8.60. The monoisotopic (exact) mass is 619 g/mol. The summed E-state index contributed by atoms with van der Waals surface area (Å²) in [6, 6.07) is 27.1. The minimum atomic E-state index is -0.531. The van der Waals surface area contributed by atoms with Crippen LogP contribution in [0.4, 0.5) is 5.69 Å². The van der Waals surface area contributed by atoms with E-state index in [0.29, 0.717) is 22.4 Å². The molecular weight excluding hydrogens is 602 g/mol. The topological polar surface area (TPSA) is 96.9 Å². The molecule has 2 amide bonds. The quantitative estimate of drug-likeness (QED) is 0.107. The summed E-state index contributed by atoms with van der Waals surface area (Å²) in [6.07, 6.45) is 1.37. The number of halogens is 2. The highest BCUT2D eigenvalue weighted by Crippen LogP contribution is 2.23. The molecule has 0 saturated carbocycles. The van der Waals surface area contributed by atoms with Gasteiger partial charge in [-0.25, -0.2) is 10.2 Å². The molecule has 0 aromatic heterocycles. The van der Waals surface area contributed by atoms with Crippen LogP contribution in [-0.2, 0) is 0 Å². The van der Waals surface area contributed by atoms with E-state index in [9.17, 15) is 14.4 Å². The number of carbonyl (C=O) groups is 3. The third-order valence-electron chi connectivity index (χ3n) is 5.08. The van der Waals surface area contributed by atoms with E-state index >= 15 is 0 Å². The van der Waals surface area contributed by atoms with Gasteiger partial charge in [0.15, 0.2) is 0 Å². The molecule has 0 aliphatic rings. The number of ether oxygens (including phenoxy) is 1. The Morgan fingerprint density at radius 2 is 1.41 bits per heavy atom. The molecule has 0 bridgehead atoms. The summed E-state index contributed by atoms with van der Waals surface area (Å²) >= 11 is 6.72. The van der Waals surface area contributed by atoms with Crippen molar-refractivity contribution >= 4 is 61.5 Å². The van der Waals surface area contributed by atoms with Crippen LogP contribution >= 0.6 is 31.9 Å². The minimum absolute atomic E-state index is 0.236. The van der Waals surface area contributed by atoms with E-state index < -0.39 is 11.9 Å². The number of anilines is 1. The summed E-state index contributed by atoms with van der Waals surface area (Å²) in [7, 11) is 0. The number of amides is 2. The predicted molar refractivity (Wildman–Crippen MR) is 149 cm³/mol. The first-order valence-electron chi connectivity index (χ1n) is 11.0. The highest BCUT2D eigenvalue weighted by molar-refractivity contribution is 9.10. The number of benzene rings is 4. The number of nitrogens with one attached hydrogen (secondary N) is 2. The molecule has 7 nitrogen and oxygen atoms in total. The first-order valence-corrected chi connectivity index (χ1v) is 12.6. The summed E-state index contributed by atoms with van der Waals surface area (Å²) in [4.78, 5) is 37.9. The maximum Gasteiger partial charge on any atom is 0.343 e. The molecule has 37 heavy (non-hydrogen) atoms. The van der Waals surface area contributed by atoms with Crippen molar-refractivity contribution in [3.63, 3.8) is 0 Å². The van der Waals surface area contributed by atoms with Crippen LogP contribution in [0.5, 0.6) is 5.75 Å². The van der Waals surface area contributed by atoms with Crippen molar-refractivity contribution in [1.29, 1.82) is 0 Å². The van der Waals surface area contributed by atoms with E-state index in [1.165, 1.54) is 6.21 Å². The Morgan fingerprint density at radius 1 is 0.730 bits per heavy atom. The van der Waals surface area contributed by atoms with E-state index in [1.54, 1.807) is 91.0 Å². The van der Waals surface area contributed by atoms with Crippen LogP contribution in [-0.4, -0.2) is 24.0 Å². The molecular formula is C28H19Br2N3O4. The van der Waals surface area contributed by atoms with Crippen molar-refractivity contribution in [2.75, 3.05) is 5.32 Å². The van der Waals surface area contributed by atoms with Gasteiger partial charge >= 0.3 is 5.97 Å². The molecule has 0 radical (unpaired) electrons. The van der Waals surface area contributed by atoms with Gasteiger partial charge in [0.25, 0.3) is 11.8 Å². The van der Waals surface area contributed by atoms with Crippen LogP contribution < -0.4 is 15.5 Å². The van der Waals surface area contributed by atoms with Crippen LogP contribution in [0, 0.1) is 0 Å². The highest BCUT2D eigenvalue weighted by Gasteiger charge is 2.15. The first kappa shape index (κ1) is 26.0. The third kappa shape index (κ3) is 6.99. The van der Waals surface area contributed by atoms with Crippen molar-refractivity contribution in [3.8, 4) is 5.75 Å². The van der Waals surface area contributed by atoms with Gasteiger partial charge in [-0.1, -0.05) is 62.2 Å². The van der Waals surface area contributed by atoms with Gasteiger partial charge in [0, 0.05) is 20.1 Å². The van der Waals surface area contributed by atoms with E-state index in [0.717, 1.165) is 8.95 Å². The Morgan fingerprint density at radius 3 is 2.16 bits per heavy atom. The average molecular weight is 621 g/mol. The molecule has 0 atom stereocenters. The molecule has 4 aromatic rings. The predicted octanol–water partition coefficient (Wildman–Crippen LogP) is 6.45. The van der Waals surface area contributed by atoms with Gasteiger partial charge in [0.05, 0.1) is 23.0 Å². The normalized spacial score (nSPS) is 10.6. The van der Waals surface area contributed by atoms with Crippen LogP contribution in [0.15, 0.2) is 111 Å². The van der Waals surface area contributed by atoms with Crippen molar-refractivity contribution in [2.45, 2.75) is 0 Å². The lowest BCUT2D eigenvalue weighted by molar-refractivity contribution is 0.0733. The fourth-order valence-corrected chi connectivity index (χ4v) is 3.90. The standard InChI is InChI=1S/C28H19Br2N3O4/c29-21-12-10-19(11-13-21)28(36)37-25-15-14-22(30)16-20(25)17-31-33-27(35)23-8-4-5-9-24(23)32-26(34)18-6-2-1-3-7-18/h1-17H,(H,32,34)(H,33,35)/b31-17-. The van der Waals surface area contributed by atoms with E-state index in [4.69, 9.17) is 4.74 Å². The molecule has 9 heteroatoms. The molecule has 2 N–H and O–H groups in total. The molecule has 4 rings (SSSR count). The van der Waals surface area contributed by atoms with Gasteiger partial charge in [-0.2, -0.15) is 5.10 Å². The third-order valence-corrected chi connectivity index (χ3v) is 6.10. The van der Waals surface area contributed by atoms with Crippen LogP contribution in [0.2, 0.25) is 0 Å². The zero-order chi connectivity index (χ0) is 26.2. The lowest BCUT2D eigenvalue weighted by Gasteiger charge is -2.10. The van der Waals surface area contributed by atoms with Gasteiger partial charge < -0.3 is 10.1 Å². The van der Waals surface area contributed by atoms with Crippen LogP contribution in [0.25, 0.3) is 0 Å². The molecule has 0 spiro atoms. The number of esters is 1. The number of hydrogen-bond acceptors (Lipinski definition) is 5. The maximum absolute atomic E-state index is 12.8. The zero-order valence-corrected chi connectivity index (χ0v) is 22.3. The Hall–Kier alpha value is -4.08. The Labute approximate surface area is 229 Å². The van der Waals surface area contributed by atoms with Gasteiger partial charge in [-0.3, -0.25) is 9.59 Å². The SMILES string of the molecule is O=C(Nc1ccccc1C(=O)N/N=C\c1cc(Br)ccc1OC(=O)c1ccc(Br)cc1)c1ccccc1. The van der Waals surface area contributed by atoms with Gasteiger partial charge in [0.1, 0.15) is 5.75 Å². The maximum atomic E-state index is 12.8. The number of hydrogen-bond donors (Lipinski definition) is 2. The van der Waals surface area contributed by atoms with Crippen molar-refractivity contribution in [3.05, 3.63) is 128 Å². The first-order chi connectivity index (χ1) is 17.9. The van der Waals surface area contributed by atoms with Crippen molar-refractivity contribution < 1.29 is 19.1 Å². The fraction of sp³-hybridized carbons (Fsp3) is 0. The highest BCUT2D eigenvalue weighted by atomic mass is 79.9. The molecule has 0 aliphatic heterocycles. The number of hydrazone groups is 1. The number of rotatable bonds is 7. The van der Waals surface area contributed by atoms with Crippen molar-refractivity contribution in [2.24, 2.45) is 5.10 Å². The van der Waals surface area contributed by atoms with E-state index in [1.807, 2.05) is 6.07 Å². The molecule has 0 aliphatic carbocycles. The fourth-order valence-electron chi connectivity index (χ4n) is 3.25. The Balaban J connectivity index is 1.47. The van der Waals surface area contributed by atoms with Crippen LogP contribution in [0.3, 0.4) is 0 Å². The van der Waals surface area contributed by atoms with Gasteiger partial charge in [-0.05, 0) is 66.7 Å². The molecule has 0 saturated heterocycles. The van der Waals surface area contributed by atoms with Crippen molar-refractivity contribution in [1.82, 2.24) is 5.43 Å². The smallest absolute Gasteiger partial charge is 0.343 e. The number of nitrogens with zero attached hydrogens (tertiary/aromatic N) is 1. The second-order valence-corrected chi connectivity index (χ2v) is 9.47. The average Bonchev–Trinajstić information content (AvgIpc) is 2.91. The summed E-state index contributed by atoms with van der Waals surface area (Å²) in [5.41, 5.74) is 4.35. The summed E-state index contributed by atoms with van der Waals surface area (Å²) in [5, 5.41) is 6.79. The number of carbonyl (C=O) groups excluding carboxylic acids is 3. The lowest BCUT2D eigenvalue weighted by atomic mass is 10.1. The zero-order valence-electron chi connectivity index (χ0n) is 19.2. The molecule has 4 aromatic carbocycles. The minimum Gasteiger partial charge on any atom is -0.422 e. The van der Waals surface area contributed by atoms with E-state index in [2.05, 4.69) is 47.7 Å².